The molecular weight excluding hydrogens is 350 g/mol. The highest BCUT2D eigenvalue weighted by Crippen LogP contribution is 2.18. The van der Waals surface area contributed by atoms with Gasteiger partial charge in [0.25, 0.3) is 0 Å². The number of anilines is 1. The number of rotatable bonds is 9. The quantitative estimate of drug-likeness (QED) is 0.459. The van der Waals surface area contributed by atoms with E-state index in [2.05, 4.69) is 15.3 Å². The first-order valence-corrected chi connectivity index (χ1v) is 9.98. The number of carboxylic acid groups (broad SMARTS) is 1. The molecule has 0 aliphatic carbocycles. The second kappa shape index (κ2) is 8.92. The van der Waals surface area contributed by atoms with Gasteiger partial charge in [-0.25, -0.2) is 9.78 Å². The van der Waals surface area contributed by atoms with E-state index in [1.165, 1.54) is 0 Å². The van der Waals surface area contributed by atoms with E-state index in [1.54, 1.807) is 18.2 Å². The van der Waals surface area contributed by atoms with Crippen molar-refractivity contribution in [2.24, 2.45) is 0 Å². The van der Waals surface area contributed by atoms with Crippen LogP contribution in [0.15, 0.2) is 23.1 Å². The normalized spacial score (nSPS) is 12.6. The molecule has 1 unspecified atom stereocenters. The van der Waals surface area contributed by atoms with Crippen molar-refractivity contribution in [3.8, 4) is 0 Å². The molecule has 0 saturated carbocycles. The summed E-state index contributed by atoms with van der Waals surface area (Å²) >= 11 is 0. The van der Waals surface area contributed by atoms with Crippen molar-refractivity contribution in [2.75, 3.05) is 23.9 Å². The molecule has 24 heavy (non-hydrogen) atoms. The van der Waals surface area contributed by atoms with Crippen LogP contribution in [0.4, 0.5) is 10.7 Å². The van der Waals surface area contributed by atoms with Crippen molar-refractivity contribution in [3.05, 3.63) is 18.2 Å². The van der Waals surface area contributed by atoms with Gasteiger partial charge in [-0.1, -0.05) is 0 Å². The van der Waals surface area contributed by atoms with E-state index in [0.29, 0.717) is 34.5 Å². The average Bonchev–Trinajstić information content (AvgIpc) is 2.93. The van der Waals surface area contributed by atoms with Crippen LogP contribution in [0.1, 0.15) is 13.8 Å². The predicted molar refractivity (Wildman–Crippen MR) is 91.8 cm³/mol. The first-order chi connectivity index (χ1) is 11.5. The van der Waals surface area contributed by atoms with Crippen molar-refractivity contribution in [1.29, 1.82) is 0 Å². The van der Waals surface area contributed by atoms with E-state index < -0.39 is 16.9 Å². The number of aromatic amines is 1. The molecule has 1 aromatic heterocycles. The Hall–Kier alpha value is -1.75. The fourth-order valence-corrected chi connectivity index (χ4v) is 4.84. The largest absolute Gasteiger partial charge is 0.465 e. The van der Waals surface area contributed by atoms with Gasteiger partial charge in [-0.2, -0.15) is 0 Å². The van der Waals surface area contributed by atoms with Crippen LogP contribution in [0.3, 0.4) is 0 Å². The lowest BCUT2D eigenvalue weighted by atomic mass is 10.3. The number of benzene rings is 1. The van der Waals surface area contributed by atoms with Crippen LogP contribution >= 0.6 is 0 Å². The van der Waals surface area contributed by atoms with Gasteiger partial charge in [0.05, 0.1) is 11.0 Å². The molecular formula is C14H19N3O5SSi. The van der Waals surface area contributed by atoms with Gasteiger partial charge >= 0.3 is 6.09 Å². The Labute approximate surface area is 144 Å². The van der Waals surface area contributed by atoms with Gasteiger partial charge < -0.3 is 19.6 Å². The standard InChI is InChI=1S/C14H19N3O5SSi/c1-3-21-14(22-4-2)24-8-23(20)9-5-6-10-11(7-9)16-12(15-10)17-13(18)19/h5-7,14H,3-4,8H2,1-2H3,(H,18,19)(H2,15,16,17). The number of hydrogen-bond acceptors (Lipinski definition) is 5. The number of nitrogens with zero attached hydrogens (tertiary/aromatic N) is 1. The summed E-state index contributed by atoms with van der Waals surface area (Å²) in [5, 5.41) is 11.3. The number of fused-ring (bicyclic) bond motifs is 1. The number of ether oxygens (including phenoxy) is 2. The highest BCUT2D eigenvalue weighted by atomic mass is 32.2. The Kier molecular flexibility index (Phi) is 6.91. The van der Waals surface area contributed by atoms with E-state index >= 15 is 0 Å². The maximum atomic E-state index is 12.4. The topological polar surface area (TPSA) is 114 Å². The molecule has 1 heterocycles. The van der Waals surface area contributed by atoms with Gasteiger partial charge in [-0.3, -0.25) is 9.53 Å². The Morgan fingerprint density at radius 1 is 1.42 bits per heavy atom. The van der Waals surface area contributed by atoms with E-state index in [9.17, 15) is 9.00 Å². The Balaban J connectivity index is 2.04. The number of hydrogen-bond donors (Lipinski definition) is 3. The van der Waals surface area contributed by atoms with E-state index in [4.69, 9.17) is 14.6 Å². The summed E-state index contributed by atoms with van der Waals surface area (Å²) in [6, 6.07) is 5.15. The lowest BCUT2D eigenvalue weighted by Gasteiger charge is -2.15. The van der Waals surface area contributed by atoms with E-state index in [1.807, 2.05) is 13.8 Å². The molecule has 1 atom stereocenters. The van der Waals surface area contributed by atoms with Gasteiger partial charge in [-0.05, 0) is 32.0 Å². The number of aromatic nitrogens is 2. The molecule has 2 radical (unpaired) electrons. The minimum absolute atomic E-state index is 0.134. The zero-order chi connectivity index (χ0) is 17.5. The van der Waals surface area contributed by atoms with Crippen LogP contribution in [0.25, 0.3) is 11.0 Å². The van der Waals surface area contributed by atoms with E-state index in [-0.39, 0.29) is 21.4 Å². The predicted octanol–water partition coefficient (Wildman–Crippen LogP) is 1.78. The van der Waals surface area contributed by atoms with Crippen molar-refractivity contribution in [3.63, 3.8) is 0 Å². The number of amides is 1. The zero-order valence-corrected chi connectivity index (χ0v) is 15.2. The van der Waals surface area contributed by atoms with Crippen LogP contribution < -0.4 is 5.32 Å². The SMILES string of the molecule is CCOC(OCC)[Si]CS(=O)c1ccc2nc(NC(=O)O)[nH]c2c1. The first kappa shape index (κ1) is 18.6. The summed E-state index contributed by atoms with van der Waals surface area (Å²) in [7, 11) is -0.940. The third-order valence-electron chi connectivity index (χ3n) is 2.96. The number of imidazole rings is 1. The molecule has 10 heteroatoms. The molecule has 1 aromatic carbocycles. The summed E-state index contributed by atoms with van der Waals surface area (Å²) in [4.78, 5) is 18.2. The summed E-state index contributed by atoms with van der Waals surface area (Å²) in [5.41, 5.74) is 1.22. The fraction of sp³-hybridized carbons (Fsp3) is 0.429. The lowest BCUT2D eigenvalue weighted by Crippen LogP contribution is -2.28. The fourth-order valence-electron chi connectivity index (χ4n) is 1.99. The van der Waals surface area contributed by atoms with Crippen molar-refractivity contribution >= 4 is 43.4 Å². The molecule has 0 saturated heterocycles. The summed E-state index contributed by atoms with van der Waals surface area (Å²) < 4.78 is 23.4. The lowest BCUT2D eigenvalue weighted by molar-refractivity contribution is -0.0823. The molecule has 2 aromatic rings. The molecule has 0 aliphatic heterocycles. The zero-order valence-electron chi connectivity index (χ0n) is 13.4. The van der Waals surface area contributed by atoms with E-state index in [0.717, 1.165) is 0 Å². The van der Waals surface area contributed by atoms with Crippen molar-refractivity contribution in [1.82, 2.24) is 9.97 Å². The highest BCUT2D eigenvalue weighted by Gasteiger charge is 2.14. The molecule has 0 bridgehead atoms. The number of carbonyl (C=O) groups is 1. The smallest absolute Gasteiger partial charge is 0.411 e. The van der Waals surface area contributed by atoms with Gasteiger partial charge in [-0.15, -0.1) is 0 Å². The monoisotopic (exact) mass is 369 g/mol. The number of H-pyrrole nitrogens is 1. The van der Waals surface area contributed by atoms with Crippen LogP contribution in [0.5, 0.6) is 0 Å². The molecule has 130 valence electrons. The molecule has 0 fully saturated rings. The minimum Gasteiger partial charge on any atom is -0.465 e. The molecule has 2 rings (SSSR count). The van der Waals surface area contributed by atoms with Crippen LogP contribution in [0, 0.1) is 0 Å². The van der Waals surface area contributed by atoms with Crippen LogP contribution in [-0.4, -0.2) is 59.4 Å². The summed E-state index contributed by atoms with van der Waals surface area (Å²) in [6.07, 6.45) is -1.20. The van der Waals surface area contributed by atoms with Gasteiger partial charge in [0.1, 0.15) is 15.4 Å². The molecule has 3 N–H and O–H groups in total. The van der Waals surface area contributed by atoms with Gasteiger partial charge in [0.15, 0.2) is 0 Å². The van der Waals surface area contributed by atoms with Crippen molar-refractivity contribution < 1.29 is 23.6 Å². The molecule has 8 nitrogen and oxygen atoms in total. The number of nitrogens with one attached hydrogen (secondary N) is 2. The summed E-state index contributed by atoms with van der Waals surface area (Å²) in [6.45, 7) is 4.87. The Morgan fingerprint density at radius 2 is 2.12 bits per heavy atom. The van der Waals surface area contributed by atoms with Gasteiger partial charge in [0, 0.05) is 34.3 Å². The van der Waals surface area contributed by atoms with Crippen LogP contribution in [-0.2, 0) is 20.3 Å². The maximum absolute atomic E-state index is 12.4. The highest BCUT2D eigenvalue weighted by molar-refractivity contribution is 7.86. The minimum atomic E-state index is -1.20. The second-order valence-electron chi connectivity index (χ2n) is 4.63. The maximum Gasteiger partial charge on any atom is 0.411 e. The third kappa shape index (κ3) is 5.13. The van der Waals surface area contributed by atoms with Crippen molar-refractivity contribution in [2.45, 2.75) is 24.7 Å². The Morgan fingerprint density at radius 3 is 2.75 bits per heavy atom. The third-order valence-corrected chi connectivity index (χ3v) is 6.12. The molecule has 1 amide bonds. The molecule has 0 spiro atoms. The first-order valence-electron chi connectivity index (χ1n) is 7.38. The van der Waals surface area contributed by atoms with Crippen LogP contribution in [0.2, 0.25) is 0 Å². The average molecular weight is 369 g/mol. The second-order valence-corrected chi connectivity index (χ2v) is 7.83. The summed E-state index contributed by atoms with van der Waals surface area (Å²) in [5.74, 6) is -0.193. The molecule has 0 aliphatic rings. The Bertz CT molecular complexity index is 717. The van der Waals surface area contributed by atoms with Gasteiger partial charge in [0.2, 0.25) is 5.95 Å².